The second-order valence-electron chi connectivity index (χ2n) is 7.42. The Labute approximate surface area is 212 Å². The Balaban J connectivity index is 1.48. The van der Waals surface area contributed by atoms with E-state index in [0.717, 1.165) is 0 Å². The number of thiocarbonyl (C=S) groups is 1. The molecule has 0 bridgehead atoms. The number of anilines is 1. The molecule has 8 nitrogen and oxygen atoms in total. The van der Waals surface area contributed by atoms with Crippen LogP contribution in [0.1, 0.15) is 10.4 Å². The maximum absolute atomic E-state index is 14.8. The van der Waals surface area contributed by atoms with Crippen molar-refractivity contribution in [1.82, 2.24) is 10.3 Å². The Morgan fingerprint density at radius 2 is 1.67 bits per heavy atom. The monoisotopic (exact) mass is 507 g/mol. The number of nitrogens with zero attached hydrogens (tertiary/aromatic N) is 1. The van der Waals surface area contributed by atoms with Crippen LogP contribution in [0, 0.1) is 5.82 Å². The molecule has 36 heavy (non-hydrogen) atoms. The molecule has 0 atom stereocenters. The number of hydrogen-bond acceptors (Lipinski definition) is 7. The van der Waals surface area contributed by atoms with E-state index in [9.17, 15) is 9.18 Å². The van der Waals surface area contributed by atoms with Crippen LogP contribution >= 0.6 is 12.2 Å². The summed E-state index contributed by atoms with van der Waals surface area (Å²) in [5.41, 5.74) is 1.05. The summed E-state index contributed by atoms with van der Waals surface area (Å²) in [4.78, 5) is 16.8. The molecule has 0 radical (unpaired) electrons. The van der Waals surface area contributed by atoms with Gasteiger partial charge in [-0.05, 0) is 54.7 Å². The number of ether oxygens (including phenoxy) is 4. The van der Waals surface area contributed by atoms with Crippen LogP contribution in [0.25, 0.3) is 10.9 Å². The molecule has 184 valence electrons. The molecule has 0 aliphatic heterocycles. The number of amides is 1. The Hall–Kier alpha value is -4.44. The molecular weight excluding hydrogens is 485 g/mol. The lowest BCUT2D eigenvalue weighted by Crippen LogP contribution is -2.34. The molecule has 0 aliphatic rings. The third-order valence-corrected chi connectivity index (χ3v) is 5.39. The number of carbonyl (C=O) groups excluding carboxylic acids is 1. The van der Waals surface area contributed by atoms with Crippen molar-refractivity contribution in [3.63, 3.8) is 0 Å². The van der Waals surface area contributed by atoms with Gasteiger partial charge in [-0.15, -0.1) is 0 Å². The lowest BCUT2D eigenvalue weighted by Gasteiger charge is -2.14. The van der Waals surface area contributed by atoms with E-state index in [1.54, 1.807) is 61.8 Å². The minimum Gasteiger partial charge on any atom is -0.497 e. The number of pyridine rings is 1. The first-order valence-corrected chi connectivity index (χ1v) is 11.1. The minimum absolute atomic E-state index is 0.0587. The zero-order valence-corrected chi connectivity index (χ0v) is 20.4. The first-order valence-electron chi connectivity index (χ1n) is 10.7. The van der Waals surface area contributed by atoms with Crippen molar-refractivity contribution in [3.8, 4) is 28.7 Å². The van der Waals surface area contributed by atoms with Crippen molar-refractivity contribution in [3.05, 3.63) is 78.2 Å². The van der Waals surface area contributed by atoms with Crippen molar-refractivity contribution in [2.24, 2.45) is 0 Å². The third kappa shape index (κ3) is 5.44. The van der Waals surface area contributed by atoms with Gasteiger partial charge < -0.3 is 24.3 Å². The van der Waals surface area contributed by atoms with Crippen molar-refractivity contribution < 1.29 is 28.1 Å². The molecule has 0 spiro atoms. The molecule has 3 aromatic carbocycles. The molecule has 1 amide bonds. The average Bonchev–Trinajstić information content (AvgIpc) is 2.89. The number of nitrogens with one attached hydrogen (secondary N) is 2. The summed E-state index contributed by atoms with van der Waals surface area (Å²) in [6.07, 6.45) is 1.58. The highest BCUT2D eigenvalue weighted by molar-refractivity contribution is 7.80. The van der Waals surface area contributed by atoms with Gasteiger partial charge in [0.25, 0.3) is 5.91 Å². The molecule has 0 unspecified atom stereocenters. The quantitative estimate of drug-likeness (QED) is 0.325. The van der Waals surface area contributed by atoms with Gasteiger partial charge in [-0.1, -0.05) is 6.07 Å². The number of carbonyl (C=O) groups is 1. The van der Waals surface area contributed by atoms with Gasteiger partial charge in [0.05, 0.1) is 32.5 Å². The van der Waals surface area contributed by atoms with Crippen LogP contribution in [-0.4, -0.2) is 37.3 Å². The van der Waals surface area contributed by atoms with Crippen LogP contribution in [-0.2, 0) is 0 Å². The fraction of sp³-hybridized carbons (Fsp3) is 0.115. The summed E-state index contributed by atoms with van der Waals surface area (Å²) in [5.74, 6) is 1.21. The summed E-state index contributed by atoms with van der Waals surface area (Å²) in [7, 11) is 4.58. The fourth-order valence-electron chi connectivity index (χ4n) is 3.42. The Morgan fingerprint density at radius 1 is 0.889 bits per heavy atom. The highest BCUT2D eigenvalue weighted by atomic mass is 32.1. The number of benzene rings is 3. The van der Waals surface area contributed by atoms with E-state index in [1.807, 2.05) is 0 Å². The molecule has 4 aromatic rings. The second-order valence-corrected chi connectivity index (χ2v) is 7.83. The van der Waals surface area contributed by atoms with Gasteiger partial charge in [0, 0.05) is 29.3 Å². The molecule has 2 N–H and O–H groups in total. The Kier molecular flexibility index (Phi) is 7.45. The summed E-state index contributed by atoms with van der Waals surface area (Å²) < 4.78 is 36.6. The molecule has 0 aliphatic carbocycles. The Morgan fingerprint density at radius 3 is 2.39 bits per heavy atom. The summed E-state index contributed by atoms with van der Waals surface area (Å²) >= 11 is 5.17. The van der Waals surface area contributed by atoms with Gasteiger partial charge >= 0.3 is 0 Å². The number of halogens is 1. The third-order valence-electron chi connectivity index (χ3n) is 5.18. The first-order chi connectivity index (χ1) is 17.4. The lowest BCUT2D eigenvalue weighted by atomic mass is 10.2. The van der Waals surface area contributed by atoms with Crippen LogP contribution in [0.15, 0.2) is 66.9 Å². The van der Waals surface area contributed by atoms with Crippen LogP contribution in [0.4, 0.5) is 10.1 Å². The predicted molar refractivity (Wildman–Crippen MR) is 138 cm³/mol. The fourth-order valence-corrected chi connectivity index (χ4v) is 3.62. The molecule has 4 rings (SSSR count). The number of hydrogen-bond donors (Lipinski definition) is 2. The van der Waals surface area contributed by atoms with Gasteiger partial charge in [-0.3, -0.25) is 15.1 Å². The Bertz CT molecular complexity index is 1450. The molecule has 1 aromatic heterocycles. The highest BCUT2D eigenvalue weighted by Gasteiger charge is 2.14. The van der Waals surface area contributed by atoms with E-state index >= 15 is 0 Å². The number of methoxy groups -OCH3 is 3. The maximum Gasteiger partial charge on any atom is 0.257 e. The number of aromatic nitrogens is 1. The van der Waals surface area contributed by atoms with Crippen molar-refractivity contribution >= 4 is 39.8 Å². The van der Waals surface area contributed by atoms with Crippen LogP contribution in [0.3, 0.4) is 0 Å². The van der Waals surface area contributed by atoms with E-state index in [0.29, 0.717) is 39.5 Å². The topological polar surface area (TPSA) is 90.9 Å². The van der Waals surface area contributed by atoms with Gasteiger partial charge in [0.1, 0.15) is 23.1 Å². The number of fused-ring (bicyclic) bond motifs is 1. The highest BCUT2D eigenvalue weighted by Crippen LogP contribution is 2.37. The van der Waals surface area contributed by atoms with Crippen LogP contribution in [0.5, 0.6) is 28.7 Å². The molecule has 10 heteroatoms. The van der Waals surface area contributed by atoms with Crippen LogP contribution in [0.2, 0.25) is 0 Å². The van der Waals surface area contributed by atoms with E-state index in [1.165, 1.54) is 26.4 Å². The van der Waals surface area contributed by atoms with Gasteiger partial charge in [0.2, 0.25) is 0 Å². The zero-order valence-electron chi connectivity index (χ0n) is 19.6. The van der Waals surface area contributed by atoms with E-state index in [4.69, 9.17) is 31.2 Å². The SMILES string of the molecule is COc1cccc(C(=O)NC(=S)Nc2ccc(Oc3ccnc4cc(OC)c(OC)cc34)cc2F)c1. The summed E-state index contributed by atoms with van der Waals surface area (Å²) in [6, 6.07) is 16.0. The molecule has 0 saturated heterocycles. The van der Waals surface area contributed by atoms with Crippen molar-refractivity contribution in [2.45, 2.75) is 0 Å². The van der Waals surface area contributed by atoms with E-state index in [2.05, 4.69) is 15.6 Å². The van der Waals surface area contributed by atoms with Crippen LogP contribution < -0.4 is 29.6 Å². The normalized spacial score (nSPS) is 10.4. The minimum atomic E-state index is -0.622. The predicted octanol–water partition coefficient (Wildman–Crippen LogP) is 5.32. The van der Waals surface area contributed by atoms with Crippen molar-refractivity contribution in [1.29, 1.82) is 0 Å². The molecule has 0 fully saturated rings. The zero-order chi connectivity index (χ0) is 25.7. The van der Waals surface area contributed by atoms with Gasteiger partial charge in [0.15, 0.2) is 16.6 Å². The molecule has 0 saturated carbocycles. The van der Waals surface area contributed by atoms with E-state index in [-0.39, 0.29) is 16.5 Å². The first kappa shape index (κ1) is 24.7. The summed E-state index contributed by atoms with van der Waals surface area (Å²) in [5, 5.41) is 5.81. The maximum atomic E-state index is 14.8. The lowest BCUT2D eigenvalue weighted by molar-refractivity contribution is 0.0977. The molecular formula is C26H22FN3O5S. The van der Waals surface area contributed by atoms with E-state index < -0.39 is 11.7 Å². The van der Waals surface area contributed by atoms with Crippen molar-refractivity contribution in [2.75, 3.05) is 26.6 Å². The summed E-state index contributed by atoms with van der Waals surface area (Å²) in [6.45, 7) is 0. The smallest absolute Gasteiger partial charge is 0.257 e. The molecule has 1 heterocycles. The second kappa shape index (κ2) is 10.9. The standard InChI is InChI=1S/C26H22FN3O5S/c1-32-16-6-4-5-15(11-16)25(31)30-26(36)29-20-8-7-17(12-19(20)27)35-22-9-10-28-21-14-24(34-3)23(33-2)13-18(21)22/h4-14H,1-3H3,(H2,29,30,31,36). The largest absolute Gasteiger partial charge is 0.497 e. The van der Waals surface area contributed by atoms with Gasteiger partial charge in [-0.25, -0.2) is 4.39 Å². The average molecular weight is 508 g/mol. The van der Waals surface area contributed by atoms with Gasteiger partial charge in [-0.2, -0.15) is 0 Å². The number of rotatable bonds is 7.